The largest absolute Gasteiger partial charge is 0.310 e. The van der Waals surface area contributed by atoms with Crippen LogP contribution in [0.15, 0.2) is 30.6 Å². The van der Waals surface area contributed by atoms with Gasteiger partial charge in [-0.15, -0.1) is 0 Å². The van der Waals surface area contributed by atoms with Crippen LogP contribution in [-0.4, -0.2) is 21.3 Å². The summed E-state index contributed by atoms with van der Waals surface area (Å²) in [6.07, 6.45) is 2.70. The molecule has 1 heterocycles. The van der Waals surface area contributed by atoms with Crippen LogP contribution in [0, 0.1) is 0 Å². The third-order valence-corrected chi connectivity index (χ3v) is 2.86. The summed E-state index contributed by atoms with van der Waals surface area (Å²) in [6, 6.07) is 7.81. The summed E-state index contributed by atoms with van der Waals surface area (Å²) in [7, 11) is 0. The smallest absolute Gasteiger partial charge is 0.141 e. The molecule has 0 aliphatic carbocycles. The minimum atomic E-state index is 0.698. The Labute approximate surface area is 112 Å². The van der Waals surface area contributed by atoms with Crippen molar-refractivity contribution in [2.75, 3.05) is 6.54 Å². The number of rotatable bonds is 6. The van der Waals surface area contributed by atoms with Crippen molar-refractivity contribution in [2.45, 2.75) is 26.4 Å². The lowest BCUT2D eigenvalue weighted by Crippen LogP contribution is -2.18. The highest BCUT2D eigenvalue weighted by Gasteiger charge is 2.04. The number of halogens is 1. The lowest BCUT2D eigenvalue weighted by Gasteiger charge is -2.07. The number of aromatic nitrogens is 3. The summed E-state index contributed by atoms with van der Waals surface area (Å²) >= 11 is 5.97. The van der Waals surface area contributed by atoms with Crippen molar-refractivity contribution >= 4 is 11.6 Å². The van der Waals surface area contributed by atoms with Crippen LogP contribution in [0.25, 0.3) is 0 Å². The molecule has 1 aromatic carbocycles. The molecule has 1 N–H and O–H groups in total. The first-order valence-corrected chi connectivity index (χ1v) is 6.49. The molecule has 0 radical (unpaired) electrons. The SMILES string of the molecule is CCCNCc1ncnn1Cc1cccc(Cl)c1. The maximum atomic E-state index is 5.97. The molecule has 0 aliphatic heterocycles. The number of nitrogens with zero attached hydrogens (tertiary/aromatic N) is 3. The second-order valence-electron chi connectivity index (χ2n) is 4.14. The molecular formula is C13H17ClN4. The molecule has 0 bridgehead atoms. The molecule has 4 nitrogen and oxygen atoms in total. The standard InChI is InChI=1S/C13H17ClN4/c1-2-6-15-8-13-16-10-17-18(13)9-11-4-3-5-12(14)7-11/h3-5,7,10,15H,2,6,8-9H2,1H3. The van der Waals surface area contributed by atoms with Gasteiger partial charge in [0.05, 0.1) is 13.1 Å². The van der Waals surface area contributed by atoms with Crippen molar-refractivity contribution in [3.8, 4) is 0 Å². The Kier molecular flexibility index (Phi) is 4.73. The van der Waals surface area contributed by atoms with Gasteiger partial charge in [0.2, 0.25) is 0 Å². The predicted octanol–water partition coefficient (Wildman–Crippen LogP) is 2.48. The van der Waals surface area contributed by atoms with Crippen LogP contribution in [0.5, 0.6) is 0 Å². The van der Waals surface area contributed by atoms with Crippen LogP contribution in [0.2, 0.25) is 5.02 Å². The maximum absolute atomic E-state index is 5.97. The zero-order chi connectivity index (χ0) is 12.8. The van der Waals surface area contributed by atoms with E-state index in [1.807, 2.05) is 28.9 Å². The van der Waals surface area contributed by atoms with E-state index in [2.05, 4.69) is 22.3 Å². The predicted molar refractivity (Wildman–Crippen MR) is 72.6 cm³/mol. The van der Waals surface area contributed by atoms with E-state index in [1.54, 1.807) is 6.33 Å². The molecule has 2 rings (SSSR count). The van der Waals surface area contributed by atoms with Gasteiger partial charge in [-0.05, 0) is 30.7 Å². The highest BCUT2D eigenvalue weighted by Crippen LogP contribution is 2.12. The topological polar surface area (TPSA) is 42.7 Å². The molecule has 0 spiro atoms. The van der Waals surface area contributed by atoms with Crippen LogP contribution in [-0.2, 0) is 13.1 Å². The van der Waals surface area contributed by atoms with Crippen molar-refractivity contribution in [1.29, 1.82) is 0 Å². The second kappa shape index (κ2) is 6.52. The fourth-order valence-corrected chi connectivity index (χ4v) is 1.96. The molecule has 0 saturated carbocycles. The molecule has 0 fully saturated rings. The quantitative estimate of drug-likeness (QED) is 0.815. The summed E-state index contributed by atoms with van der Waals surface area (Å²) in [5.41, 5.74) is 1.13. The lowest BCUT2D eigenvalue weighted by molar-refractivity contribution is 0.583. The van der Waals surface area contributed by atoms with Crippen LogP contribution >= 0.6 is 11.6 Å². The van der Waals surface area contributed by atoms with Gasteiger partial charge >= 0.3 is 0 Å². The van der Waals surface area contributed by atoms with Crippen molar-refractivity contribution in [1.82, 2.24) is 20.1 Å². The van der Waals surface area contributed by atoms with Gasteiger partial charge in [-0.2, -0.15) is 5.10 Å². The lowest BCUT2D eigenvalue weighted by atomic mass is 10.2. The van der Waals surface area contributed by atoms with Crippen LogP contribution in [0.1, 0.15) is 24.7 Å². The Morgan fingerprint density at radius 1 is 1.39 bits per heavy atom. The molecule has 0 amide bonds. The first kappa shape index (κ1) is 13.1. The monoisotopic (exact) mass is 264 g/mol. The van der Waals surface area contributed by atoms with Crippen molar-refractivity contribution in [3.63, 3.8) is 0 Å². The van der Waals surface area contributed by atoms with E-state index in [-0.39, 0.29) is 0 Å². The molecule has 1 aromatic heterocycles. The summed E-state index contributed by atoms with van der Waals surface area (Å²) in [4.78, 5) is 4.26. The van der Waals surface area contributed by atoms with E-state index in [9.17, 15) is 0 Å². The van der Waals surface area contributed by atoms with Gasteiger partial charge in [0.1, 0.15) is 12.2 Å². The summed E-state index contributed by atoms with van der Waals surface area (Å²) in [6.45, 7) is 4.58. The minimum Gasteiger partial charge on any atom is -0.310 e. The van der Waals surface area contributed by atoms with Crippen molar-refractivity contribution in [3.05, 3.63) is 47.0 Å². The normalized spacial score (nSPS) is 10.8. The summed E-state index contributed by atoms with van der Waals surface area (Å²) in [5.74, 6) is 0.948. The van der Waals surface area contributed by atoms with Crippen LogP contribution in [0.3, 0.4) is 0 Å². The Morgan fingerprint density at radius 2 is 2.28 bits per heavy atom. The third-order valence-electron chi connectivity index (χ3n) is 2.63. The van der Waals surface area contributed by atoms with E-state index >= 15 is 0 Å². The van der Waals surface area contributed by atoms with Crippen LogP contribution in [0.4, 0.5) is 0 Å². The average molecular weight is 265 g/mol. The van der Waals surface area contributed by atoms with Crippen molar-refractivity contribution < 1.29 is 0 Å². The first-order chi connectivity index (χ1) is 8.79. The molecule has 0 atom stereocenters. The molecule has 2 aromatic rings. The average Bonchev–Trinajstić information content (AvgIpc) is 2.77. The summed E-state index contributed by atoms with van der Waals surface area (Å²) < 4.78 is 1.90. The van der Waals surface area contributed by atoms with Gasteiger partial charge in [-0.25, -0.2) is 9.67 Å². The van der Waals surface area contributed by atoms with Crippen LogP contribution < -0.4 is 5.32 Å². The van der Waals surface area contributed by atoms with Gasteiger partial charge < -0.3 is 5.32 Å². The van der Waals surface area contributed by atoms with Gasteiger partial charge in [-0.1, -0.05) is 30.7 Å². The highest BCUT2D eigenvalue weighted by atomic mass is 35.5. The Morgan fingerprint density at radius 3 is 3.06 bits per heavy atom. The van der Waals surface area contributed by atoms with Crippen molar-refractivity contribution in [2.24, 2.45) is 0 Å². The minimum absolute atomic E-state index is 0.698. The fraction of sp³-hybridized carbons (Fsp3) is 0.385. The number of hydrogen-bond donors (Lipinski definition) is 1. The molecular weight excluding hydrogens is 248 g/mol. The van der Waals surface area contributed by atoms with E-state index in [0.29, 0.717) is 6.54 Å². The molecule has 0 saturated heterocycles. The zero-order valence-corrected chi connectivity index (χ0v) is 11.2. The fourth-order valence-electron chi connectivity index (χ4n) is 1.74. The first-order valence-electron chi connectivity index (χ1n) is 6.11. The van der Waals surface area contributed by atoms with E-state index in [1.165, 1.54) is 0 Å². The van der Waals surface area contributed by atoms with E-state index < -0.39 is 0 Å². The Balaban J connectivity index is 2.03. The van der Waals surface area contributed by atoms with E-state index in [4.69, 9.17) is 11.6 Å². The van der Waals surface area contributed by atoms with Gasteiger partial charge in [0.15, 0.2) is 0 Å². The molecule has 0 aliphatic rings. The summed E-state index contributed by atoms with van der Waals surface area (Å²) in [5, 5.41) is 8.32. The molecule has 18 heavy (non-hydrogen) atoms. The van der Waals surface area contributed by atoms with E-state index in [0.717, 1.165) is 35.9 Å². The molecule has 96 valence electrons. The Bertz CT molecular complexity index is 495. The third kappa shape index (κ3) is 3.55. The maximum Gasteiger partial charge on any atom is 0.141 e. The second-order valence-corrected chi connectivity index (χ2v) is 4.58. The number of benzene rings is 1. The van der Waals surface area contributed by atoms with Gasteiger partial charge in [0.25, 0.3) is 0 Å². The zero-order valence-electron chi connectivity index (χ0n) is 10.4. The van der Waals surface area contributed by atoms with Gasteiger partial charge in [-0.3, -0.25) is 0 Å². The number of nitrogens with one attached hydrogen (secondary N) is 1. The molecule has 0 unspecified atom stereocenters. The molecule has 5 heteroatoms. The number of hydrogen-bond acceptors (Lipinski definition) is 3. The Hall–Kier alpha value is -1.39. The highest BCUT2D eigenvalue weighted by molar-refractivity contribution is 6.30. The van der Waals surface area contributed by atoms with Gasteiger partial charge in [0, 0.05) is 5.02 Å².